The van der Waals surface area contributed by atoms with Crippen molar-refractivity contribution in [1.82, 2.24) is 15.6 Å². The highest BCUT2D eigenvalue weighted by Gasteiger charge is 2.06. The first-order chi connectivity index (χ1) is 11.1. The lowest BCUT2D eigenvalue weighted by Crippen LogP contribution is -2.36. The third kappa shape index (κ3) is 4.95. The van der Waals surface area contributed by atoms with Crippen molar-refractivity contribution in [2.24, 2.45) is 4.99 Å². The Kier molecular flexibility index (Phi) is 5.91. The summed E-state index contributed by atoms with van der Waals surface area (Å²) < 4.78 is 13.2. The Morgan fingerprint density at radius 1 is 1.17 bits per heavy atom. The summed E-state index contributed by atoms with van der Waals surface area (Å²) >= 11 is 0. The summed E-state index contributed by atoms with van der Waals surface area (Å²) in [5.74, 6) is 1.33. The van der Waals surface area contributed by atoms with Crippen molar-refractivity contribution in [3.63, 3.8) is 0 Å². The summed E-state index contributed by atoms with van der Waals surface area (Å²) in [7, 11) is 5.63. The van der Waals surface area contributed by atoms with Crippen molar-refractivity contribution >= 4 is 11.8 Å². The van der Waals surface area contributed by atoms with E-state index in [0.29, 0.717) is 19.0 Å². The lowest BCUT2D eigenvalue weighted by Gasteiger charge is -2.17. The lowest BCUT2D eigenvalue weighted by molar-refractivity contribution is 0.624. The van der Waals surface area contributed by atoms with Gasteiger partial charge in [0.05, 0.1) is 0 Å². The summed E-state index contributed by atoms with van der Waals surface area (Å²) in [5, 5.41) is 6.41. The predicted molar refractivity (Wildman–Crippen MR) is 92.0 cm³/mol. The topological polar surface area (TPSA) is 52.6 Å². The molecular formula is C17H22FN5. The molecule has 2 N–H and O–H groups in total. The molecule has 0 fully saturated rings. The van der Waals surface area contributed by atoms with Crippen LogP contribution in [0.4, 0.5) is 10.2 Å². The van der Waals surface area contributed by atoms with Crippen LogP contribution >= 0.6 is 0 Å². The zero-order valence-electron chi connectivity index (χ0n) is 13.7. The van der Waals surface area contributed by atoms with Crippen LogP contribution in [0.25, 0.3) is 0 Å². The number of hydrogen-bond donors (Lipinski definition) is 2. The summed E-state index contributed by atoms with van der Waals surface area (Å²) in [4.78, 5) is 10.5. The van der Waals surface area contributed by atoms with Crippen molar-refractivity contribution < 1.29 is 4.39 Å². The number of benzene rings is 1. The van der Waals surface area contributed by atoms with Gasteiger partial charge in [-0.15, -0.1) is 0 Å². The van der Waals surface area contributed by atoms with Gasteiger partial charge in [-0.3, -0.25) is 4.99 Å². The molecule has 0 amide bonds. The maximum atomic E-state index is 13.2. The summed E-state index contributed by atoms with van der Waals surface area (Å²) in [6.45, 7) is 1.11. The average molecular weight is 315 g/mol. The van der Waals surface area contributed by atoms with Gasteiger partial charge in [0, 0.05) is 46.0 Å². The number of nitrogens with zero attached hydrogens (tertiary/aromatic N) is 3. The number of rotatable bonds is 5. The third-order valence-electron chi connectivity index (χ3n) is 3.31. The summed E-state index contributed by atoms with van der Waals surface area (Å²) in [5.41, 5.74) is 1.94. The van der Waals surface area contributed by atoms with Crippen LogP contribution in [0.2, 0.25) is 0 Å². The van der Waals surface area contributed by atoms with Crippen LogP contribution in [0.15, 0.2) is 47.6 Å². The molecule has 0 atom stereocenters. The maximum Gasteiger partial charge on any atom is 0.191 e. The van der Waals surface area contributed by atoms with Crippen molar-refractivity contribution in [2.75, 3.05) is 26.0 Å². The van der Waals surface area contributed by atoms with E-state index in [9.17, 15) is 4.39 Å². The number of aliphatic imine (C=N–C) groups is 1. The fraction of sp³-hybridized carbons (Fsp3) is 0.294. The van der Waals surface area contributed by atoms with Gasteiger partial charge in [0.15, 0.2) is 5.96 Å². The summed E-state index contributed by atoms with van der Waals surface area (Å²) in [6, 6.07) is 10.4. The predicted octanol–water partition coefficient (Wildman–Crippen LogP) is 2.15. The molecule has 2 aromatic rings. The van der Waals surface area contributed by atoms with Crippen LogP contribution in [-0.2, 0) is 13.1 Å². The zero-order valence-corrected chi connectivity index (χ0v) is 13.7. The first kappa shape index (κ1) is 16.7. The van der Waals surface area contributed by atoms with Crippen LogP contribution in [-0.4, -0.2) is 32.1 Å². The Morgan fingerprint density at radius 2 is 1.96 bits per heavy atom. The van der Waals surface area contributed by atoms with Crippen LogP contribution in [0, 0.1) is 5.82 Å². The Morgan fingerprint density at radius 3 is 2.65 bits per heavy atom. The highest BCUT2D eigenvalue weighted by atomic mass is 19.1. The van der Waals surface area contributed by atoms with Gasteiger partial charge >= 0.3 is 0 Å². The van der Waals surface area contributed by atoms with Crippen molar-refractivity contribution in [2.45, 2.75) is 13.1 Å². The molecule has 0 aliphatic rings. The van der Waals surface area contributed by atoms with E-state index < -0.39 is 0 Å². The van der Waals surface area contributed by atoms with E-state index in [-0.39, 0.29) is 5.82 Å². The second-order valence-electron chi connectivity index (χ2n) is 5.29. The van der Waals surface area contributed by atoms with Gasteiger partial charge in [0.25, 0.3) is 0 Å². The minimum absolute atomic E-state index is 0.238. The molecule has 0 spiro atoms. The van der Waals surface area contributed by atoms with E-state index in [1.165, 1.54) is 12.1 Å². The smallest absolute Gasteiger partial charge is 0.191 e. The largest absolute Gasteiger partial charge is 0.362 e. The first-order valence-corrected chi connectivity index (χ1v) is 7.40. The lowest BCUT2D eigenvalue weighted by atomic mass is 10.2. The highest BCUT2D eigenvalue weighted by Crippen LogP contribution is 2.13. The number of pyridine rings is 1. The number of guanidine groups is 1. The van der Waals surface area contributed by atoms with Gasteiger partial charge < -0.3 is 15.5 Å². The molecule has 122 valence electrons. The molecule has 1 heterocycles. The Bertz CT molecular complexity index is 670. The normalized spacial score (nSPS) is 11.2. The molecule has 0 aliphatic carbocycles. The van der Waals surface area contributed by atoms with E-state index in [4.69, 9.17) is 0 Å². The first-order valence-electron chi connectivity index (χ1n) is 7.40. The number of hydrogen-bond acceptors (Lipinski definition) is 3. The molecule has 1 aromatic carbocycles. The monoisotopic (exact) mass is 315 g/mol. The molecule has 0 bridgehead atoms. The third-order valence-corrected chi connectivity index (χ3v) is 3.31. The SMILES string of the molecule is CN=C(NCc1cccc(F)c1)NCc1cccnc1N(C)C. The number of aromatic nitrogens is 1. The molecule has 2 rings (SSSR count). The zero-order chi connectivity index (χ0) is 16.7. The standard InChI is InChI=1S/C17H22FN5/c1-19-17(21-11-13-6-4-8-15(18)10-13)22-12-14-7-5-9-20-16(14)23(2)3/h4-10H,11-12H2,1-3H3,(H2,19,21,22). The molecule has 6 heteroatoms. The summed E-state index contributed by atoms with van der Waals surface area (Å²) in [6.07, 6.45) is 1.77. The van der Waals surface area contributed by atoms with E-state index in [2.05, 4.69) is 20.6 Å². The quantitative estimate of drug-likeness (QED) is 0.656. The Hall–Kier alpha value is -2.63. The number of halogens is 1. The van der Waals surface area contributed by atoms with Gasteiger partial charge in [0.2, 0.25) is 0 Å². The molecule has 0 unspecified atom stereocenters. The molecule has 1 aromatic heterocycles. The second kappa shape index (κ2) is 8.12. The Balaban J connectivity index is 1.93. The molecule has 0 saturated heterocycles. The highest BCUT2D eigenvalue weighted by molar-refractivity contribution is 5.79. The molecular weight excluding hydrogens is 293 g/mol. The van der Waals surface area contributed by atoms with Crippen LogP contribution < -0.4 is 15.5 Å². The minimum atomic E-state index is -0.238. The van der Waals surface area contributed by atoms with Crippen LogP contribution in [0.5, 0.6) is 0 Å². The van der Waals surface area contributed by atoms with Crippen molar-refractivity contribution in [3.05, 3.63) is 59.5 Å². The van der Waals surface area contributed by atoms with E-state index in [1.807, 2.05) is 37.2 Å². The molecule has 0 aliphatic heterocycles. The van der Waals surface area contributed by atoms with E-state index in [0.717, 1.165) is 16.9 Å². The number of anilines is 1. The molecule has 0 radical (unpaired) electrons. The molecule has 23 heavy (non-hydrogen) atoms. The Labute approximate surface area is 136 Å². The van der Waals surface area contributed by atoms with Gasteiger partial charge in [-0.05, 0) is 23.8 Å². The maximum absolute atomic E-state index is 13.2. The van der Waals surface area contributed by atoms with Gasteiger partial charge in [0.1, 0.15) is 11.6 Å². The van der Waals surface area contributed by atoms with Gasteiger partial charge in [-0.25, -0.2) is 9.37 Å². The molecule has 0 saturated carbocycles. The van der Waals surface area contributed by atoms with Gasteiger partial charge in [-0.1, -0.05) is 18.2 Å². The molecule has 5 nitrogen and oxygen atoms in total. The number of nitrogens with one attached hydrogen (secondary N) is 2. The minimum Gasteiger partial charge on any atom is -0.362 e. The van der Waals surface area contributed by atoms with Crippen molar-refractivity contribution in [3.8, 4) is 0 Å². The van der Waals surface area contributed by atoms with Crippen LogP contribution in [0.3, 0.4) is 0 Å². The van der Waals surface area contributed by atoms with Crippen LogP contribution in [0.1, 0.15) is 11.1 Å². The van der Waals surface area contributed by atoms with E-state index >= 15 is 0 Å². The average Bonchev–Trinajstić information content (AvgIpc) is 2.55. The van der Waals surface area contributed by atoms with Crippen molar-refractivity contribution in [1.29, 1.82) is 0 Å². The van der Waals surface area contributed by atoms with E-state index in [1.54, 1.807) is 19.3 Å². The second-order valence-corrected chi connectivity index (χ2v) is 5.29. The van der Waals surface area contributed by atoms with Gasteiger partial charge in [-0.2, -0.15) is 0 Å². The fourth-order valence-corrected chi connectivity index (χ4v) is 2.20. The fourth-order valence-electron chi connectivity index (χ4n) is 2.20.